The van der Waals surface area contributed by atoms with Crippen molar-refractivity contribution in [3.8, 4) is 0 Å². The first-order chi connectivity index (χ1) is 11.2. The molecule has 116 valence electrons. The lowest BCUT2D eigenvalue weighted by atomic mass is 10.0. The Kier molecular flexibility index (Phi) is 5.19. The summed E-state index contributed by atoms with van der Waals surface area (Å²) in [5.41, 5.74) is 6.75. The van der Waals surface area contributed by atoms with Gasteiger partial charge in [0, 0.05) is 5.75 Å². The predicted octanol–water partition coefficient (Wildman–Crippen LogP) is 6.33. The first-order valence-electron chi connectivity index (χ1n) is 8.01. The zero-order valence-electron chi connectivity index (χ0n) is 13.7. The Labute approximate surface area is 143 Å². The second kappa shape index (κ2) is 7.52. The summed E-state index contributed by atoms with van der Waals surface area (Å²) in [5, 5.41) is 0.372. The van der Waals surface area contributed by atoms with E-state index in [4.69, 9.17) is 0 Å². The first-order valence-corrected chi connectivity index (χ1v) is 9.06. The van der Waals surface area contributed by atoms with Crippen LogP contribution in [-0.2, 0) is 5.75 Å². The third kappa shape index (κ3) is 4.27. The van der Waals surface area contributed by atoms with Gasteiger partial charge in [-0.05, 0) is 30.5 Å². The molecule has 3 aromatic rings. The summed E-state index contributed by atoms with van der Waals surface area (Å²) in [6, 6.07) is 28.6. The van der Waals surface area contributed by atoms with Crippen LogP contribution in [0.3, 0.4) is 0 Å². The highest BCUT2D eigenvalue weighted by Gasteiger charge is 2.14. The van der Waals surface area contributed by atoms with Gasteiger partial charge in [-0.1, -0.05) is 90.0 Å². The fourth-order valence-electron chi connectivity index (χ4n) is 2.62. The molecule has 0 N–H and O–H groups in total. The van der Waals surface area contributed by atoms with Gasteiger partial charge in [0.25, 0.3) is 0 Å². The van der Waals surface area contributed by atoms with Gasteiger partial charge in [-0.15, -0.1) is 11.8 Å². The van der Waals surface area contributed by atoms with Crippen LogP contribution >= 0.6 is 11.8 Å². The molecule has 0 saturated carbocycles. The van der Waals surface area contributed by atoms with E-state index in [1.165, 1.54) is 27.8 Å². The summed E-state index contributed by atoms with van der Waals surface area (Å²) in [5.74, 6) is 1.02. The van der Waals surface area contributed by atoms with Crippen molar-refractivity contribution in [2.24, 2.45) is 0 Å². The highest BCUT2D eigenvalue weighted by Crippen LogP contribution is 2.37. The number of benzene rings is 3. The maximum absolute atomic E-state index is 2.26. The van der Waals surface area contributed by atoms with Crippen molar-refractivity contribution in [1.82, 2.24) is 0 Å². The van der Waals surface area contributed by atoms with Crippen LogP contribution in [0.25, 0.3) is 0 Å². The van der Waals surface area contributed by atoms with E-state index < -0.39 is 0 Å². The molecule has 0 radical (unpaired) electrons. The second-order valence-corrected chi connectivity index (χ2v) is 7.09. The molecule has 0 aromatic heterocycles. The molecule has 0 atom stereocenters. The second-order valence-electron chi connectivity index (χ2n) is 6.00. The lowest BCUT2D eigenvalue weighted by Crippen LogP contribution is -1.98. The average Bonchev–Trinajstić information content (AvgIpc) is 2.59. The van der Waals surface area contributed by atoms with Crippen LogP contribution in [0.4, 0.5) is 0 Å². The monoisotopic (exact) mass is 318 g/mol. The molecule has 0 unspecified atom stereocenters. The van der Waals surface area contributed by atoms with E-state index in [0.29, 0.717) is 5.25 Å². The van der Waals surface area contributed by atoms with Crippen LogP contribution < -0.4 is 0 Å². The first kappa shape index (κ1) is 15.9. The van der Waals surface area contributed by atoms with Crippen molar-refractivity contribution >= 4 is 11.8 Å². The van der Waals surface area contributed by atoms with Crippen molar-refractivity contribution in [3.05, 3.63) is 107 Å². The van der Waals surface area contributed by atoms with Gasteiger partial charge in [-0.3, -0.25) is 0 Å². The lowest BCUT2D eigenvalue weighted by molar-refractivity contribution is 1.14. The third-order valence-corrected chi connectivity index (χ3v) is 5.40. The summed E-state index contributed by atoms with van der Waals surface area (Å²) >= 11 is 1.99. The van der Waals surface area contributed by atoms with E-state index in [-0.39, 0.29) is 0 Å². The summed E-state index contributed by atoms with van der Waals surface area (Å²) in [6.45, 7) is 4.28. The number of rotatable bonds is 5. The molecule has 0 amide bonds. The highest BCUT2D eigenvalue weighted by molar-refractivity contribution is 7.98. The molecule has 0 fully saturated rings. The normalized spacial score (nSPS) is 10.9. The summed E-state index contributed by atoms with van der Waals surface area (Å²) in [7, 11) is 0. The fourth-order valence-corrected chi connectivity index (χ4v) is 3.87. The van der Waals surface area contributed by atoms with Gasteiger partial charge in [0.2, 0.25) is 0 Å². The van der Waals surface area contributed by atoms with Gasteiger partial charge in [0.1, 0.15) is 0 Å². The average molecular weight is 318 g/mol. The maximum atomic E-state index is 2.26. The number of hydrogen-bond donors (Lipinski definition) is 0. The Morgan fingerprint density at radius 1 is 0.652 bits per heavy atom. The Hall–Kier alpha value is -1.99. The predicted molar refractivity (Wildman–Crippen MR) is 102 cm³/mol. The van der Waals surface area contributed by atoms with Crippen LogP contribution in [0.1, 0.15) is 33.1 Å². The van der Waals surface area contributed by atoms with Crippen molar-refractivity contribution in [2.45, 2.75) is 24.9 Å². The van der Waals surface area contributed by atoms with Crippen molar-refractivity contribution in [1.29, 1.82) is 0 Å². The smallest absolute Gasteiger partial charge is 0.0549 e. The van der Waals surface area contributed by atoms with E-state index in [0.717, 1.165) is 5.75 Å². The van der Waals surface area contributed by atoms with Crippen molar-refractivity contribution in [3.63, 3.8) is 0 Å². The summed E-state index contributed by atoms with van der Waals surface area (Å²) < 4.78 is 0. The number of hydrogen-bond acceptors (Lipinski definition) is 1. The molecule has 0 aliphatic heterocycles. The van der Waals surface area contributed by atoms with E-state index in [1.54, 1.807) is 0 Å². The molecule has 0 aliphatic carbocycles. The molecule has 0 spiro atoms. The Morgan fingerprint density at radius 2 is 1.13 bits per heavy atom. The van der Waals surface area contributed by atoms with E-state index in [1.807, 2.05) is 11.8 Å². The van der Waals surface area contributed by atoms with E-state index in [9.17, 15) is 0 Å². The molecule has 3 rings (SSSR count). The highest BCUT2D eigenvalue weighted by atomic mass is 32.2. The van der Waals surface area contributed by atoms with Gasteiger partial charge in [0.15, 0.2) is 0 Å². The minimum absolute atomic E-state index is 0.372. The lowest BCUT2D eigenvalue weighted by Gasteiger charge is -2.18. The molecular formula is C22H22S. The zero-order valence-corrected chi connectivity index (χ0v) is 14.5. The standard InChI is InChI=1S/C22H22S/c1-17-8-12-20(13-9-17)22(21-14-10-18(2)11-15-21)23-16-19-6-4-3-5-7-19/h3-15,22H,16H2,1-2H3. The topological polar surface area (TPSA) is 0 Å². The molecule has 3 aromatic carbocycles. The molecule has 0 bridgehead atoms. The largest absolute Gasteiger partial charge is 0.144 e. The zero-order chi connectivity index (χ0) is 16.1. The van der Waals surface area contributed by atoms with Gasteiger partial charge < -0.3 is 0 Å². The van der Waals surface area contributed by atoms with E-state index >= 15 is 0 Å². The maximum Gasteiger partial charge on any atom is 0.0549 e. The van der Waals surface area contributed by atoms with Gasteiger partial charge >= 0.3 is 0 Å². The molecule has 0 heterocycles. The van der Waals surface area contributed by atoms with Gasteiger partial charge in [0.05, 0.1) is 5.25 Å². The van der Waals surface area contributed by atoms with Crippen molar-refractivity contribution in [2.75, 3.05) is 0 Å². The van der Waals surface area contributed by atoms with Crippen LogP contribution in [0.15, 0.2) is 78.9 Å². The van der Waals surface area contributed by atoms with Gasteiger partial charge in [-0.25, -0.2) is 0 Å². The number of aryl methyl sites for hydroxylation is 2. The Morgan fingerprint density at radius 3 is 1.61 bits per heavy atom. The van der Waals surface area contributed by atoms with E-state index in [2.05, 4.69) is 92.7 Å². The van der Waals surface area contributed by atoms with Crippen LogP contribution in [0, 0.1) is 13.8 Å². The number of thioether (sulfide) groups is 1. The molecule has 1 heteroatoms. The minimum atomic E-state index is 0.372. The Balaban J connectivity index is 1.86. The molecule has 0 saturated heterocycles. The molecular weight excluding hydrogens is 296 g/mol. The minimum Gasteiger partial charge on any atom is -0.144 e. The van der Waals surface area contributed by atoms with Crippen molar-refractivity contribution < 1.29 is 0 Å². The third-order valence-electron chi connectivity index (χ3n) is 4.02. The summed E-state index contributed by atoms with van der Waals surface area (Å²) in [4.78, 5) is 0. The van der Waals surface area contributed by atoms with Crippen LogP contribution in [0.5, 0.6) is 0 Å². The summed E-state index contributed by atoms with van der Waals surface area (Å²) in [6.07, 6.45) is 0. The SMILES string of the molecule is Cc1ccc(C(SCc2ccccc2)c2ccc(C)cc2)cc1. The molecule has 0 aliphatic rings. The quantitative estimate of drug-likeness (QED) is 0.530. The van der Waals surface area contributed by atoms with Crippen LogP contribution in [0.2, 0.25) is 0 Å². The molecule has 23 heavy (non-hydrogen) atoms. The fraction of sp³-hybridized carbons (Fsp3) is 0.182. The Bertz CT molecular complexity index is 682. The van der Waals surface area contributed by atoms with Crippen LogP contribution in [-0.4, -0.2) is 0 Å². The van der Waals surface area contributed by atoms with Gasteiger partial charge in [-0.2, -0.15) is 0 Å². The molecule has 0 nitrogen and oxygen atoms in total.